The molecule has 3 rings (SSSR count). The monoisotopic (exact) mass is 245 g/mol. The van der Waals surface area contributed by atoms with E-state index < -0.39 is 0 Å². The third-order valence-electron chi connectivity index (χ3n) is 3.59. The first-order valence-corrected chi connectivity index (χ1v) is 6.52. The smallest absolute Gasteiger partial charge is 0.0568 e. The van der Waals surface area contributed by atoms with Crippen molar-refractivity contribution in [1.29, 1.82) is 0 Å². The van der Waals surface area contributed by atoms with Crippen molar-refractivity contribution < 1.29 is 4.74 Å². The van der Waals surface area contributed by atoms with Crippen molar-refractivity contribution >= 4 is 0 Å². The summed E-state index contributed by atoms with van der Waals surface area (Å²) in [6.07, 6.45) is 7.32. The van der Waals surface area contributed by atoms with E-state index in [2.05, 4.69) is 42.1 Å². The Hall–Kier alpha value is -1.55. The highest BCUT2D eigenvalue weighted by Crippen LogP contribution is 2.22. The fourth-order valence-corrected chi connectivity index (χ4v) is 2.39. The van der Waals surface area contributed by atoms with Gasteiger partial charge in [0.05, 0.1) is 19.4 Å². The van der Waals surface area contributed by atoms with E-state index in [1.165, 1.54) is 16.8 Å². The Labute approximate surface area is 107 Å². The first kappa shape index (κ1) is 11.5. The molecule has 0 aromatic carbocycles. The molecule has 0 aliphatic carbocycles. The maximum atomic E-state index is 5.19. The lowest BCUT2D eigenvalue weighted by Crippen LogP contribution is -2.31. The van der Waals surface area contributed by atoms with E-state index in [9.17, 15) is 0 Å². The number of hydrogen-bond acceptors (Lipinski definition) is 2. The Morgan fingerprint density at radius 1 is 1.33 bits per heavy atom. The molecule has 0 radical (unpaired) electrons. The van der Waals surface area contributed by atoms with Crippen molar-refractivity contribution in [3.63, 3.8) is 0 Å². The van der Waals surface area contributed by atoms with Crippen LogP contribution in [0, 0.1) is 5.92 Å². The van der Waals surface area contributed by atoms with Gasteiger partial charge in [-0.05, 0) is 12.5 Å². The molecule has 0 N–H and O–H groups in total. The quantitative estimate of drug-likeness (QED) is 0.826. The molecule has 2 aromatic rings. The van der Waals surface area contributed by atoms with Crippen molar-refractivity contribution in [2.24, 2.45) is 13.0 Å². The van der Waals surface area contributed by atoms with Crippen LogP contribution in [0.3, 0.4) is 0 Å². The highest BCUT2D eigenvalue weighted by molar-refractivity contribution is 5.62. The van der Waals surface area contributed by atoms with E-state index in [1.807, 2.05) is 10.9 Å². The van der Waals surface area contributed by atoms with Crippen LogP contribution in [0.2, 0.25) is 0 Å². The summed E-state index contributed by atoms with van der Waals surface area (Å²) >= 11 is 0. The molecule has 1 aliphatic rings. The van der Waals surface area contributed by atoms with Gasteiger partial charge in [0, 0.05) is 48.7 Å². The van der Waals surface area contributed by atoms with Crippen molar-refractivity contribution in [2.75, 3.05) is 13.2 Å². The number of rotatable bonds is 4. The minimum atomic E-state index is 0.639. The van der Waals surface area contributed by atoms with Crippen molar-refractivity contribution in [1.82, 2.24) is 14.3 Å². The van der Waals surface area contributed by atoms with Crippen LogP contribution in [-0.2, 0) is 24.8 Å². The molecule has 0 unspecified atom stereocenters. The number of nitrogens with zero attached hydrogens (tertiary/aromatic N) is 3. The van der Waals surface area contributed by atoms with E-state index in [4.69, 9.17) is 4.74 Å². The van der Waals surface area contributed by atoms with E-state index in [1.54, 1.807) is 0 Å². The van der Waals surface area contributed by atoms with Crippen LogP contribution in [0.4, 0.5) is 0 Å². The Balaban J connectivity index is 1.78. The van der Waals surface area contributed by atoms with E-state index in [-0.39, 0.29) is 0 Å². The molecule has 1 saturated heterocycles. The molecule has 4 heteroatoms. The second-order valence-corrected chi connectivity index (χ2v) is 5.04. The fourth-order valence-electron chi connectivity index (χ4n) is 2.39. The lowest BCUT2D eigenvalue weighted by molar-refractivity contribution is -0.0408. The molecular weight excluding hydrogens is 226 g/mol. The third-order valence-corrected chi connectivity index (χ3v) is 3.59. The average molecular weight is 245 g/mol. The normalized spacial score (nSPS) is 15.9. The second kappa shape index (κ2) is 4.61. The summed E-state index contributed by atoms with van der Waals surface area (Å²) in [6.45, 7) is 4.90. The zero-order chi connectivity index (χ0) is 12.5. The van der Waals surface area contributed by atoms with E-state index in [0.29, 0.717) is 5.92 Å². The zero-order valence-corrected chi connectivity index (χ0v) is 11.0. The fraction of sp³-hybridized carbons (Fsp3) is 0.500. The summed E-state index contributed by atoms with van der Waals surface area (Å²) < 4.78 is 9.40. The van der Waals surface area contributed by atoms with Crippen LogP contribution < -0.4 is 0 Å². The van der Waals surface area contributed by atoms with Crippen LogP contribution in [0.5, 0.6) is 0 Å². The predicted molar refractivity (Wildman–Crippen MR) is 70.3 cm³/mol. The maximum absolute atomic E-state index is 5.19. The van der Waals surface area contributed by atoms with Gasteiger partial charge in [0.1, 0.15) is 0 Å². The summed E-state index contributed by atoms with van der Waals surface area (Å²) in [6, 6.07) is 2.24. The van der Waals surface area contributed by atoms with E-state index in [0.717, 1.165) is 26.2 Å². The molecule has 0 saturated carbocycles. The summed E-state index contributed by atoms with van der Waals surface area (Å²) in [5.74, 6) is 0.639. The van der Waals surface area contributed by atoms with Crippen molar-refractivity contribution in [3.8, 4) is 11.1 Å². The zero-order valence-electron chi connectivity index (χ0n) is 11.0. The second-order valence-electron chi connectivity index (χ2n) is 5.04. The van der Waals surface area contributed by atoms with Gasteiger partial charge in [0.25, 0.3) is 0 Å². The topological polar surface area (TPSA) is 32.0 Å². The highest BCUT2D eigenvalue weighted by Gasteiger charge is 2.19. The Kier molecular flexibility index (Phi) is 2.96. The molecule has 18 heavy (non-hydrogen) atoms. The average Bonchev–Trinajstić information content (AvgIpc) is 2.90. The third kappa shape index (κ3) is 2.08. The van der Waals surface area contributed by atoms with Crippen molar-refractivity contribution in [3.05, 3.63) is 30.4 Å². The Morgan fingerprint density at radius 3 is 2.78 bits per heavy atom. The summed E-state index contributed by atoms with van der Waals surface area (Å²) in [5.41, 5.74) is 3.81. The molecular formula is C14H19N3O. The lowest BCUT2D eigenvalue weighted by Gasteiger charge is -2.25. The van der Waals surface area contributed by atoms with Gasteiger partial charge in [-0.1, -0.05) is 6.92 Å². The Morgan fingerprint density at radius 2 is 2.17 bits per heavy atom. The predicted octanol–water partition coefficient (Wildman–Crippen LogP) is 2.10. The summed E-state index contributed by atoms with van der Waals surface area (Å²) in [7, 11) is 2.10. The molecule has 0 spiro atoms. The van der Waals surface area contributed by atoms with E-state index >= 15 is 0 Å². The number of hydrogen-bond donors (Lipinski definition) is 0. The maximum Gasteiger partial charge on any atom is 0.0568 e. The molecule has 1 fully saturated rings. The van der Waals surface area contributed by atoms with Gasteiger partial charge in [0.2, 0.25) is 0 Å². The van der Waals surface area contributed by atoms with Crippen LogP contribution in [0.15, 0.2) is 24.7 Å². The highest BCUT2D eigenvalue weighted by atomic mass is 16.5. The summed E-state index contributed by atoms with van der Waals surface area (Å²) in [4.78, 5) is 0. The molecule has 2 aromatic heterocycles. The molecule has 1 aliphatic heterocycles. The van der Waals surface area contributed by atoms with Gasteiger partial charge in [-0.3, -0.25) is 4.68 Å². The molecule has 0 atom stereocenters. The number of aryl methyl sites for hydroxylation is 2. The standard InChI is InChI=1S/C14H19N3O/c1-3-14-4-12(7-16(14)2)13-5-15-17(8-13)6-11-9-18-10-11/h4-5,7-8,11H,3,6,9-10H2,1-2H3. The Bertz CT molecular complexity index is 537. The first-order valence-electron chi connectivity index (χ1n) is 6.52. The minimum absolute atomic E-state index is 0.639. The molecule has 3 heterocycles. The molecule has 0 amide bonds. The van der Waals surface area contributed by atoms with Gasteiger partial charge in [-0.2, -0.15) is 5.10 Å². The lowest BCUT2D eigenvalue weighted by atomic mass is 10.1. The van der Waals surface area contributed by atoms with Gasteiger partial charge in [0.15, 0.2) is 0 Å². The molecule has 4 nitrogen and oxygen atoms in total. The van der Waals surface area contributed by atoms with Gasteiger partial charge < -0.3 is 9.30 Å². The number of aromatic nitrogens is 3. The van der Waals surface area contributed by atoms with Gasteiger partial charge >= 0.3 is 0 Å². The van der Waals surface area contributed by atoms with Crippen LogP contribution in [0.1, 0.15) is 12.6 Å². The number of ether oxygens (including phenoxy) is 1. The van der Waals surface area contributed by atoms with Crippen LogP contribution in [-0.4, -0.2) is 27.6 Å². The largest absolute Gasteiger partial charge is 0.381 e. The summed E-state index contributed by atoms with van der Waals surface area (Å²) in [5, 5.41) is 4.43. The van der Waals surface area contributed by atoms with Gasteiger partial charge in [-0.25, -0.2) is 0 Å². The first-order chi connectivity index (χ1) is 8.76. The van der Waals surface area contributed by atoms with Crippen LogP contribution >= 0.6 is 0 Å². The SMILES string of the molecule is CCc1cc(-c2cnn(CC3COC3)c2)cn1C. The molecule has 96 valence electrons. The van der Waals surface area contributed by atoms with Crippen molar-refractivity contribution in [2.45, 2.75) is 19.9 Å². The van der Waals surface area contributed by atoms with Crippen LogP contribution in [0.25, 0.3) is 11.1 Å². The van der Waals surface area contributed by atoms with Gasteiger partial charge in [-0.15, -0.1) is 0 Å². The molecule has 0 bridgehead atoms. The minimum Gasteiger partial charge on any atom is -0.381 e.